The molecule has 0 saturated heterocycles. The summed E-state index contributed by atoms with van der Waals surface area (Å²) in [6.07, 6.45) is 7.56. The van der Waals surface area contributed by atoms with Crippen LogP contribution in [-0.4, -0.2) is 20.8 Å². The number of rotatable bonds is 3. The van der Waals surface area contributed by atoms with Gasteiger partial charge in [0.2, 0.25) is 0 Å². The van der Waals surface area contributed by atoms with Crippen LogP contribution >= 0.6 is 0 Å². The second-order valence-electron chi connectivity index (χ2n) is 7.06. The minimum atomic E-state index is 0.325. The van der Waals surface area contributed by atoms with Crippen molar-refractivity contribution in [2.24, 2.45) is 5.41 Å². The lowest BCUT2D eigenvalue weighted by atomic mass is 9.75. The van der Waals surface area contributed by atoms with Crippen LogP contribution < -0.4 is 5.32 Å². The van der Waals surface area contributed by atoms with Gasteiger partial charge in [-0.3, -0.25) is 0 Å². The zero-order valence-electron chi connectivity index (χ0n) is 12.4. The zero-order chi connectivity index (χ0) is 13.5. The lowest BCUT2D eigenvalue weighted by Crippen LogP contribution is -2.37. The first-order valence-electron chi connectivity index (χ1n) is 7.73. The van der Waals surface area contributed by atoms with E-state index in [1.165, 1.54) is 37.9 Å². The van der Waals surface area contributed by atoms with Gasteiger partial charge in [0.15, 0.2) is 0 Å². The number of hydrogen-bond donors (Lipinski definition) is 1. The molecule has 0 spiro atoms. The van der Waals surface area contributed by atoms with Crippen LogP contribution in [0.4, 0.5) is 0 Å². The fourth-order valence-electron chi connectivity index (χ4n) is 3.49. The SMILES string of the molecule is CC(NC1CCC(C)(C)CC1)c1nnc2n1CCC2. The molecule has 3 rings (SSSR count). The van der Waals surface area contributed by atoms with E-state index in [2.05, 4.69) is 40.9 Å². The van der Waals surface area contributed by atoms with Crippen LogP contribution in [0.1, 0.15) is 70.6 Å². The van der Waals surface area contributed by atoms with E-state index >= 15 is 0 Å². The van der Waals surface area contributed by atoms with Crippen LogP contribution in [0.15, 0.2) is 0 Å². The Labute approximate surface area is 116 Å². The highest BCUT2D eigenvalue weighted by molar-refractivity contribution is 5.04. The van der Waals surface area contributed by atoms with E-state index < -0.39 is 0 Å². The molecule has 1 fully saturated rings. The van der Waals surface area contributed by atoms with Crippen molar-refractivity contribution in [1.29, 1.82) is 0 Å². The molecule has 1 atom stereocenters. The molecular formula is C15H26N4. The Morgan fingerprint density at radius 3 is 2.74 bits per heavy atom. The Morgan fingerprint density at radius 2 is 2.00 bits per heavy atom. The second-order valence-corrected chi connectivity index (χ2v) is 7.06. The fourth-order valence-corrected chi connectivity index (χ4v) is 3.49. The lowest BCUT2D eigenvalue weighted by molar-refractivity contribution is 0.198. The van der Waals surface area contributed by atoms with E-state index in [9.17, 15) is 0 Å². The number of fused-ring (bicyclic) bond motifs is 1. The van der Waals surface area contributed by atoms with Gasteiger partial charge in [-0.05, 0) is 44.4 Å². The number of nitrogens with zero attached hydrogens (tertiary/aromatic N) is 3. The first-order chi connectivity index (χ1) is 9.05. The zero-order valence-corrected chi connectivity index (χ0v) is 12.4. The molecule has 1 aromatic rings. The number of aryl methyl sites for hydroxylation is 1. The molecule has 0 radical (unpaired) electrons. The van der Waals surface area contributed by atoms with Gasteiger partial charge in [-0.2, -0.15) is 0 Å². The van der Waals surface area contributed by atoms with Crippen molar-refractivity contribution in [3.05, 3.63) is 11.6 Å². The van der Waals surface area contributed by atoms with Gasteiger partial charge in [-0.1, -0.05) is 13.8 Å². The van der Waals surface area contributed by atoms with E-state index in [4.69, 9.17) is 0 Å². The Morgan fingerprint density at radius 1 is 1.26 bits per heavy atom. The van der Waals surface area contributed by atoms with Crippen molar-refractivity contribution in [3.8, 4) is 0 Å². The molecule has 19 heavy (non-hydrogen) atoms. The molecule has 106 valence electrons. The molecule has 1 aliphatic carbocycles. The van der Waals surface area contributed by atoms with Crippen LogP contribution in [0, 0.1) is 5.41 Å². The minimum absolute atomic E-state index is 0.325. The Kier molecular flexibility index (Phi) is 3.37. The van der Waals surface area contributed by atoms with Crippen molar-refractivity contribution >= 4 is 0 Å². The maximum atomic E-state index is 4.38. The third kappa shape index (κ3) is 2.69. The molecule has 4 nitrogen and oxygen atoms in total. The standard InChI is InChI=1S/C15H26N4/c1-11(14-18-17-13-5-4-10-19(13)14)16-12-6-8-15(2,3)9-7-12/h11-12,16H,4-10H2,1-3H3. The third-order valence-electron chi connectivity index (χ3n) is 4.85. The summed E-state index contributed by atoms with van der Waals surface area (Å²) in [5, 5.41) is 12.5. The maximum absolute atomic E-state index is 4.38. The molecule has 2 heterocycles. The first-order valence-corrected chi connectivity index (χ1v) is 7.73. The largest absolute Gasteiger partial charge is 0.314 e. The minimum Gasteiger partial charge on any atom is -0.314 e. The van der Waals surface area contributed by atoms with E-state index in [1.54, 1.807) is 0 Å². The van der Waals surface area contributed by atoms with Crippen LogP contribution in [-0.2, 0) is 13.0 Å². The molecule has 1 unspecified atom stereocenters. The highest BCUT2D eigenvalue weighted by Crippen LogP contribution is 2.35. The fraction of sp³-hybridized carbons (Fsp3) is 0.867. The molecular weight excluding hydrogens is 236 g/mol. The Bertz CT molecular complexity index is 439. The maximum Gasteiger partial charge on any atom is 0.149 e. The van der Waals surface area contributed by atoms with Crippen molar-refractivity contribution < 1.29 is 0 Å². The molecule has 4 heteroatoms. The Balaban J connectivity index is 1.61. The summed E-state index contributed by atoms with van der Waals surface area (Å²) < 4.78 is 2.31. The predicted octanol–water partition coefficient (Wildman–Crippen LogP) is 2.84. The number of aromatic nitrogens is 3. The summed E-state index contributed by atoms with van der Waals surface area (Å²) in [5.41, 5.74) is 0.539. The monoisotopic (exact) mass is 262 g/mol. The number of hydrogen-bond acceptors (Lipinski definition) is 3. The van der Waals surface area contributed by atoms with E-state index in [-0.39, 0.29) is 0 Å². The summed E-state index contributed by atoms with van der Waals surface area (Å²) >= 11 is 0. The average Bonchev–Trinajstić information content (AvgIpc) is 2.93. The summed E-state index contributed by atoms with van der Waals surface area (Å²) in [6, 6.07) is 0.975. The van der Waals surface area contributed by atoms with Gasteiger partial charge in [0.25, 0.3) is 0 Å². The first kappa shape index (κ1) is 13.1. The highest BCUT2D eigenvalue weighted by Gasteiger charge is 2.29. The van der Waals surface area contributed by atoms with Gasteiger partial charge >= 0.3 is 0 Å². The van der Waals surface area contributed by atoms with Crippen molar-refractivity contribution in [2.45, 2.75) is 77.9 Å². The van der Waals surface area contributed by atoms with Gasteiger partial charge in [-0.15, -0.1) is 10.2 Å². The van der Waals surface area contributed by atoms with Gasteiger partial charge in [0.1, 0.15) is 11.6 Å². The van der Waals surface area contributed by atoms with Crippen LogP contribution in [0.3, 0.4) is 0 Å². The van der Waals surface area contributed by atoms with Gasteiger partial charge in [0.05, 0.1) is 6.04 Å². The van der Waals surface area contributed by atoms with Crippen LogP contribution in [0.5, 0.6) is 0 Å². The van der Waals surface area contributed by atoms with Gasteiger partial charge in [-0.25, -0.2) is 0 Å². The molecule has 1 aromatic heterocycles. The molecule has 1 aliphatic heterocycles. The second kappa shape index (κ2) is 4.89. The third-order valence-corrected chi connectivity index (χ3v) is 4.85. The molecule has 0 amide bonds. The average molecular weight is 262 g/mol. The van der Waals surface area contributed by atoms with Crippen molar-refractivity contribution in [2.75, 3.05) is 0 Å². The highest BCUT2D eigenvalue weighted by atomic mass is 15.3. The normalized spacial score (nSPS) is 24.4. The summed E-state index contributed by atoms with van der Waals surface area (Å²) in [5.74, 6) is 2.31. The molecule has 1 saturated carbocycles. The van der Waals surface area contributed by atoms with Crippen LogP contribution in [0.2, 0.25) is 0 Å². The summed E-state index contributed by atoms with van der Waals surface area (Å²) in [4.78, 5) is 0. The molecule has 0 bridgehead atoms. The number of nitrogens with one attached hydrogen (secondary N) is 1. The summed E-state index contributed by atoms with van der Waals surface area (Å²) in [7, 11) is 0. The smallest absolute Gasteiger partial charge is 0.149 e. The van der Waals surface area contributed by atoms with Gasteiger partial charge in [0, 0.05) is 19.0 Å². The topological polar surface area (TPSA) is 42.7 Å². The molecule has 1 N–H and O–H groups in total. The molecule has 0 aromatic carbocycles. The lowest BCUT2D eigenvalue weighted by Gasteiger charge is -2.35. The molecule has 2 aliphatic rings. The van der Waals surface area contributed by atoms with Crippen molar-refractivity contribution in [1.82, 2.24) is 20.1 Å². The Hall–Kier alpha value is -0.900. The van der Waals surface area contributed by atoms with E-state index in [0.717, 1.165) is 18.8 Å². The van der Waals surface area contributed by atoms with Crippen LogP contribution in [0.25, 0.3) is 0 Å². The van der Waals surface area contributed by atoms with Crippen molar-refractivity contribution in [3.63, 3.8) is 0 Å². The predicted molar refractivity (Wildman–Crippen MR) is 75.9 cm³/mol. The quantitative estimate of drug-likeness (QED) is 0.911. The summed E-state index contributed by atoms with van der Waals surface area (Å²) in [6.45, 7) is 8.10. The van der Waals surface area contributed by atoms with E-state index in [0.29, 0.717) is 17.5 Å². The van der Waals surface area contributed by atoms with E-state index in [1.807, 2.05) is 0 Å². The van der Waals surface area contributed by atoms with Gasteiger partial charge < -0.3 is 9.88 Å².